The molecule has 1 fully saturated rings. The molecule has 0 spiro atoms. The number of nitro benzene ring substituents is 1. The molecule has 4 rings (SSSR count). The molecule has 0 aliphatic carbocycles. The van der Waals surface area contributed by atoms with Crippen LogP contribution in [0.1, 0.15) is 23.6 Å². The van der Waals surface area contributed by atoms with Crippen molar-refractivity contribution in [2.45, 2.75) is 12.3 Å². The molecule has 0 amide bonds. The predicted molar refractivity (Wildman–Crippen MR) is 98.7 cm³/mol. The number of hydrogen-bond acceptors (Lipinski definition) is 6. The Balaban J connectivity index is 1.66. The maximum absolute atomic E-state index is 11.3. The summed E-state index contributed by atoms with van der Waals surface area (Å²) in [4.78, 5) is 14.0. The summed E-state index contributed by atoms with van der Waals surface area (Å²) in [6, 6.07) is 18.5. The lowest BCUT2D eigenvalue weighted by molar-refractivity contribution is -0.384. The maximum atomic E-state index is 11.3. The van der Waals surface area contributed by atoms with Crippen molar-refractivity contribution in [3.05, 3.63) is 76.0 Å². The van der Waals surface area contributed by atoms with Gasteiger partial charge in [0.1, 0.15) is 6.07 Å². The van der Waals surface area contributed by atoms with Gasteiger partial charge in [0.05, 0.1) is 4.92 Å². The Kier molecular flexibility index (Phi) is 4.26. The largest absolute Gasteiger partial charge is 0.352 e. The van der Waals surface area contributed by atoms with Gasteiger partial charge < -0.3 is 4.90 Å². The number of anilines is 1. The van der Waals surface area contributed by atoms with Crippen LogP contribution in [0.2, 0.25) is 0 Å². The first-order valence-electron chi connectivity index (χ1n) is 8.58. The van der Waals surface area contributed by atoms with Crippen molar-refractivity contribution in [1.29, 1.82) is 5.26 Å². The molecule has 134 valence electrons. The van der Waals surface area contributed by atoms with Crippen LogP contribution >= 0.6 is 0 Å². The lowest BCUT2D eigenvalue weighted by Crippen LogP contribution is -2.20. The zero-order valence-electron chi connectivity index (χ0n) is 14.4. The highest BCUT2D eigenvalue weighted by Crippen LogP contribution is 2.31. The zero-order valence-corrected chi connectivity index (χ0v) is 14.4. The third-order valence-electron chi connectivity index (χ3n) is 4.75. The standard InChI is InChI=1S/C19H16N6O2/c20-12-16-19(23-11-10-15(13-23)14-6-2-1-3-7-14)22-24(21-16)17-8-4-5-9-18(17)25(26)27/h1-9,15H,10-11,13H2/t15-/m1/s1. The normalized spacial score (nSPS) is 16.3. The maximum Gasteiger partial charge on any atom is 0.296 e. The fourth-order valence-electron chi connectivity index (χ4n) is 3.43. The van der Waals surface area contributed by atoms with E-state index in [1.54, 1.807) is 18.2 Å². The first-order chi connectivity index (χ1) is 13.2. The molecule has 1 aromatic heterocycles. The minimum Gasteiger partial charge on any atom is -0.352 e. The molecule has 8 heteroatoms. The van der Waals surface area contributed by atoms with Gasteiger partial charge in [-0.15, -0.1) is 15.0 Å². The number of nitrogens with zero attached hydrogens (tertiary/aromatic N) is 6. The molecular formula is C19H16N6O2. The van der Waals surface area contributed by atoms with Crippen molar-refractivity contribution in [2.24, 2.45) is 0 Å². The van der Waals surface area contributed by atoms with E-state index in [1.807, 2.05) is 23.1 Å². The van der Waals surface area contributed by atoms with E-state index >= 15 is 0 Å². The number of para-hydroxylation sites is 2. The van der Waals surface area contributed by atoms with Crippen LogP contribution in [0.25, 0.3) is 5.69 Å². The molecule has 1 aliphatic heterocycles. The van der Waals surface area contributed by atoms with E-state index < -0.39 is 4.92 Å². The molecule has 0 bridgehead atoms. The number of nitro groups is 1. The molecule has 3 aromatic rings. The Labute approximate surface area is 155 Å². The molecule has 0 radical (unpaired) electrons. The van der Waals surface area contributed by atoms with Gasteiger partial charge in [-0.2, -0.15) is 5.26 Å². The quantitative estimate of drug-likeness (QED) is 0.523. The number of benzene rings is 2. The highest BCUT2D eigenvalue weighted by Gasteiger charge is 2.29. The monoisotopic (exact) mass is 360 g/mol. The van der Waals surface area contributed by atoms with Crippen molar-refractivity contribution >= 4 is 11.5 Å². The predicted octanol–water partition coefficient (Wildman–Crippen LogP) is 3.04. The van der Waals surface area contributed by atoms with Crippen molar-refractivity contribution in [3.63, 3.8) is 0 Å². The number of rotatable bonds is 4. The van der Waals surface area contributed by atoms with E-state index in [0.717, 1.165) is 19.5 Å². The van der Waals surface area contributed by atoms with E-state index in [4.69, 9.17) is 0 Å². The van der Waals surface area contributed by atoms with E-state index in [9.17, 15) is 15.4 Å². The number of hydrogen-bond donors (Lipinski definition) is 0. The van der Waals surface area contributed by atoms with Gasteiger partial charge in [-0.3, -0.25) is 10.1 Å². The van der Waals surface area contributed by atoms with Crippen molar-refractivity contribution in [1.82, 2.24) is 15.0 Å². The molecular weight excluding hydrogens is 344 g/mol. The lowest BCUT2D eigenvalue weighted by atomic mass is 9.99. The Morgan fingerprint density at radius 1 is 1.11 bits per heavy atom. The molecule has 2 heterocycles. The van der Waals surface area contributed by atoms with Gasteiger partial charge in [0.25, 0.3) is 5.69 Å². The fraction of sp³-hybridized carbons (Fsp3) is 0.211. The molecule has 0 unspecified atom stereocenters. The first-order valence-corrected chi connectivity index (χ1v) is 8.58. The van der Waals surface area contributed by atoms with E-state index in [0.29, 0.717) is 11.7 Å². The van der Waals surface area contributed by atoms with Gasteiger partial charge in [-0.1, -0.05) is 42.5 Å². The van der Waals surface area contributed by atoms with Crippen molar-refractivity contribution in [2.75, 3.05) is 18.0 Å². The van der Waals surface area contributed by atoms with Crippen LogP contribution in [0.5, 0.6) is 0 Å². The second kappa shape index (κ2) is 6.88. The van der Waals surface area contributed by atoms with Crippen molar-refractivity contribution < 1.29 is 4.92 Å². The summed E-state index contributed by atoms with van der Waals surface area (Å²) in [6.45, 7) is 1.48. The van der Waals surface area contributed by atoms with Gasteiger partial charge in [0, 0.05) is 25.1 Å². The van der Waals surface area contributed by atoms with Crippen LogP contribution in [0.15, 0.2) is 54.6 Å². The van der Waals surface area contributed by atoms with Gasteiger partial charge in [0.15, 0.2) is 11.5 Å². The Bertz CT molecular complexity index is 1020. The molecule has 27 heavy (non-hydrogen) atoms. The molecule has 2 aromatic carbocycles. The van der Waals surface area contributed by atoms with E-state index in [1.165, 1.54) is 16.4 Å². The van der Waals surface area contributed by atoms with E-state index in [-0.39, 0.29) is 17.1 Å². The van der Waals surface area contributed by atoms with E-state index in [2.05, 4.69) is 28.4 Å². The van der Waals surface area contributed by atoms with Crippen LogP contribution < -0.4 is 4.90 Å². The van der Waals surface area contributed by atoms with Crippen LogP contribution in [0, 0.1) is 21.4 Å². The molecule has 0 saturated carbocycles. The Hall–Kier alpha value is -3.73. The summed E-state index contributed by atoms with van der Waals surface area (Å²) in [5, 5.41) is 29.3. The summed E-state index contributed by atoms with van der Waals surface area (Å²) in [6.07, 6.45) is 0.952. The number of nitriles is 1. The molecule has 0 N–H and O–H groups in total. The zero-order chi connectivity index (χ0) is 18.8. The summed E-state index contributed by atoms with van der Waals surface area (Å²) < 4.78 is 0. The SMILES string of the molecule is N#Cc1nn(-c2ccccc2[N+](=O)[O-])nc1N1CC[C@@H](c2ccccc2)C1. The second-order valence-corrected chi connectivity index (χ2v) is 6.36. The van der Waals surface area contributed by atoms with Crippen LogP contribution in [0.4, 0.5) is 11.5 Å². The minimum absolute atomic E-state index is 0.105. The third kappa shape index (κ3) is 3.11. The summed E-state index contributed by atoms with van der Waals surface area (Å²) in [5.74, 6) is 0.822. The number of aromatic nitrogens is 3. The minimum atomic E-state index is -0.480. The van der Waals surface area contributed by atoms with Crippen LogP contribution in [-0.2, 0) is 0 Å². The first kappa shape index (κ1) is 16.7. The highest BCUT2D eigenvalue weighted by molar-refractivity contribution is 5.55. The van der Waals surface area contributed by atoms with Crippen LogP contribution in [0.3, 0.4) is 0 Å². The highest BCUT2D eigenvalue weighted by atomic mass is 16.6. The summed E-state index contributed by atoms with van der Waals surface area (Å²) >= 11 is 0. The third-order valence-corrected chi connectivity index (χ3v) is 4.75. The van der Waals surface area contributed by atoms with Crippen molar-refractivity contribution in [3.8, 4) is 11.8 Å². The molecule has 1 aliphatic rings. The average molecular weight is 360 g/mol. The van der Waals surface area contributed by atoms with Gasteiger partial charge in [-0.25, -0.2) is 0 Å². The van der Waals surface area contributed by atoms with Gasteiger partial charge in [-0.05, 0) is 18.1 Å². The summed E-state index contributed by atoms with van der Waals surface area (Å²) in [7, 11) is 0. The Morgan fingerprint density at radius 2 is 1.85 bits per heavy atom. The summed E-state index contributed by atoms with van der Waals surface area (Å²) in [5.41, 5.74) is 1.56. The molecule has 1 saturated heterocycles. The fourth-order valence-corrected chi connectivity index (χ4v) is 3.43. The topological polar surface area (TPSA) is 101 Å². The van der Waals surface area contributed by atoms with Gasteiger partial charge in [0.2, 0.25) is 5.69 Å². The van der Waals surface area contributed by atoms with Gasteiger partial charge >= 0.3 is 0 Å². The smallest absolute Gasteiger partial charge is 0.296 e. The second-order valence-electron chi connectivity index (χ2n) is 6.36. The lowest BCUT2D eigenvalue weighted by Gasteiger charge is -2.15. The molecule has 1 atom stereocenters. The molecule has 8 nitrogen and oxygen atoms in total. The van der Waals surface area contributed by atoms with Crippen LogP contribution in [-0.4, -0.2) is 33.0 Å². The Morgan fingerprint density at radius 3 is 2.59 bits per heavy atom. The average Bonchev–Trinajstić information content (AvgIpc) is 3.35.